The molecule has 1 atom stereocenters. The summed E-state index contributed by atoms with van der Waals surface area (Å²) in [4.78, 5) is 34.6. The summed E-state index contributed by atoms with van der Waals surface area (Å²) in [6, 6.07) is 2.71. The van der Waals surface area contributed by atoms with E-state index in [4.69, 9.17) is 10.5 Å². The number of hydrogen-bond acceptors (Lipinski definition) is 5. The van der Waals surface area contributed by atoms with Crippen LogP contribution in [0, 0.1) is 5.92 Å². The van der Waals surface area contributed by atoms with E-state index in [-0.39, 0.29) is 36.6 Å². The van der Waals surface area contributed by atoms with E-state index >= 15 is 0 Å². The molecule has 1 aromatic rings. The Balaban J connectivity index is 2.46. The van der Waals surface area contributed by atoms with Crippen molar-refractivity contribution in [2.75, 3.05) is 12.3 Å². The fraction of sp³-hybridized carbons (Fsp3) is 0.500. The monoisotopic (exact) mass is 295 g/mol. The predicted molar refractivity (Wildman–Crippen MR) is 78.5 cm³/mol. The van der Waals surface area contributed by atoms with E-state index in [0.29, 0.717) is 5.69 Å². The van der Waals surface area contributed by atoms with Crippen molar-refractivity contribution in [3.63, 3.8) is 0 Å². The van der Waals surface area contributed by atoms with Gasteiger partial charge in [-0.25, -0.2) is 0 Å². The van der Waals surface area contributed by atoms with Gasteiger partial charge in [0.15, 0.2) is 6.61 Å². The Morgan fingerprint density at radius 3 is 2.62 bits per heavy atom. The first kappa shape index (κ1) is 16.7. The molecule has 0 fully saturated rings. The van der Waals surface area contributed by atoms with Gasteiger partial charge in [0.05, 0.1) is 0 Å². The molecular formula is C14H21N3O4. The minimum atomic E-state index is -0.671. The fourth-order valence-electron chi connectivity index (χ4n) is 1.47. The molecule has 3 N–H and O–H groups in total. The Labute approximate surface area is 123 Å². The van der Waals surface area contributed by atoms with Crippen molar-refractivity contribution in [3.8, 4) is 0 Å². The average Bonchev–Trinajstić information content (AvgIpc) is 2.40. The molecule has 1 unspecified atom stereocenters. The van der Waals surface area contributed by atoms with Gasteiger partial charge in [0.1, 0.15) is 6.54 Å². The quantitative estimate of drug-likeness (QED) is 0.726. The van der Waals surface area contributed by atoms with E-state index in [0.717, 1.165) is 4.57 Å². The number of ether oxygens (including phenoxy) is 1. The maximum absolute atomic E-state index is 11.6. The number of pyridine rings is 1. The second kappa shape index (κ2) is 7.47. The number of rotatable bonds is 6. The Kier molecular flexibility index (Phi) is 5.95. The van der Waals surface area contributed by atoms with Crippen molar-refractivity contribution in [1.82, 2.24) is 9.88 Å². The van der Waals surface area contributed by atoms with Crippen LogP contribution in [0.4, 0.5) is 5.69 Å². The summed E-state index contributed by atoms with van der Waals surface area (Å²) >= 11 is 0. The van der Waals surface area contributed by atoms with Crippen LogP contribution in [0.15, 0.2) is 23.1 Å². The third-order valence-electron chi connectivity index (χ3n) is 3.06. The smallest absolute Gasteiger partial charge is 0.326 e. The minimum absolute atomic E-state index is 0.00672. The highest BCUT2D eigenvalue weighted by atomic mass is 16.5. The van der Waals surface area contributed by atoms with Gasteiger partial charge in [0.25, 0.3) is 11.5 Å². The van der Waals surface area contributed by atoms with E-state index < -0.39 is 5.97 Å². The summed E-state index contributed by atoms with van der Waals surface area (Å²) in [6.45, 7) is 5.17. The molecular weight excluding hydrogens is 274 g/mol. The third kappa shape index (κ3) is 5.68. The fourth-order valence-corrected chi connectivity index (χ4v) is 1.47. The Morgan fingerprint density at radius 2 is 2.00 bits per heavy atom. The summed E-state index contributed by atoms with van der Waals surface area (Å²) in [5.41, 5.74) is 5.54. The number of nitrogens with zero attached hydrogens (tertiary/aromatic N) is 1. The van der Waals surface area contributed by atoms with Crippen LogP contribution in [-0.2, 0) is 20.9 Å². The molecule has 1 amide bonds. The zero-order valence-electron chi connectivity index (χ0n) is 12.5. The molecule has 0 saturated heterocycles. The van der Waals surface area contributed by atoms with Gasteiger partial charge < -0.3 is 20.4 Å². The van der Waals surface area contributed by atoms with E-state index in [1.165, 1.54) is 18.3 Å². The van der Waals surface area contributed by atoms with Crippen LogP contribution in [0.2, 0.25) is 0 Å². The maximum atomic E-state index is 11.6. The van der Waals surface area contributed by atoms with E-state index in [2.05, 4.69) is 5.32 Å². The molecule has 0 aliphatic carbocycles. The highest BCUT2D eigenvalue weighted by molar-refractivity contribution is 5.80. The standard InChI is InChI=1S/C14H21N3O4/c1-9(2)10(3)16-12(18)8-21-14(20)7-17-6-11(15)4-5-13(17)19/h4-6,9-10H,7-8,15H2,1-3H3,(H,16,18). The summed E-state index contributed by atoms with van der Waals surface area (Å²) in [6.07, 6.45) is 1.35. The SMILES string of the molecule is CC(C)C(C)NC(=O)COC(=O)Cn1cc(N)ccc1=O. The zero-order chi connectivity index (χ0) is 16.0. The Morgan fingerprint density at radius 1 is 1.33 bits per heavy atom. The molecule has 1 aromatic heterocycles. The largest absolute Gasteiger partial charge is 0.454 e. The summed E-state index contributed by atoms with van der Waals surface area (Å²) < 4.78 is 5.96. The van der Waals surface area contributed by atoms with Gasteiger partial charge >= 0.3 is 5.97 Å². The number of nitrogen functional groups attached to an aromatic ring is 1. The van der Waals surface area contributed by atoms with Crippen molar-refractivity contribution in [1.29, 1.82) is 0 Å². The number of nitrogens with one attached hydrogen (secondary N) is 1. The van der Waals surface area contributed by atoms with Gasteiger partial charge in [-0.1, -0.05) is 13.8 Å². The highest BCUT2D eigenvalue weighted by Gasteiger charge is 2.13. The molecule has 0 bridgehead atoms. The van der Waals surface area contributed by atoms with E-state index in [1.807, 2.05) is 20.8 Å². The first-order chi connectivity index (χ1) is 9.79. The van der Waals surface area contributed by atoms with Crippen molar-refractivity contribution in [2.24, 2.45) is 5.92 Å². The van der Waals surface area contributed by atoms with Gasteiger partial charge in [-0.2, -0.15) is 0 Å². The van der Waals surface area contributed by atoms with Gasteiger partial charge in [-0.3, -0.25) is 14.4 Å². The van der Waals surface area contributed by atoms with Gasteiger partial charge in [0, 0.05) is 24.0 Å². The number of aromatic nitrogens is 1. The summed E-state index contributed by atoms with van der Waals surface area (Å²) in [5.74, 6) is -0.755. The topological polar surface area (TPSA) is 103 Å². The second-order valence-corrected chi connectivity index (χ2v) is 5.19. The van der Waals surface area contributed by atoms with Crippen molar-refractivity contribution >= 4 is 17.6 Å². The predicted octanol–water partition coefficient (Wildman–Crippen LogP) is 0.134. The molecule has 0 aliphatic heterocycles. The van der Waals surface area contributed by atoms with E-state index in [1.54, 1.807) is 0 Å². The minimum Gasteiger partial charge on any atom is -0.454 e. The number of carbonyl (C=O) groups excluding carboxylic acids is 2. The molecule has 0 spiro atoms. The number of esters is 1. The van der Waals surface area contributed by atoms with Gasteiger partial charge in [-0.15, -0.1) is 0 Å². The molecule has 0 radical (unpaired) electrons. The molecule has 0 saturated carbocycles. The highest BCUT2D eigenvalue weighted by Crippen LogP contribution is 1.99. The van der Waals surface area contributed by atoms with E-state index in [9.17, 15) is 14.4 Å². The van der Waals surface area contributed by atoms with Gasteiger partial charge in [-0.05, 0) is 18.9 Å². The van der Waals surface area contributed by atoms with Crippen LogP contribution in [-0.4, -0.2) is 29.1 Å². The first-order valence-corrected chi connectivity index (χ1v) is 6.70. The van der Waals surface area contributed by atoms with Crippen LogP contribution in [0.1, 0.15) is 20.8 Å². The molecule has 7 heteroatoms. The molecule has 116 valence electrons. The number of anilines is 1. The lowest BCUT2D eigenvalue weighted by molar-refractivity contribution is -0.149. The summed E-state index contributed by atoms with van der Waals surface area (Å²) in [5, 5.41) is 2.71. The molecule has 1 heterocycles. The lowest BCUT2D eigenvalue weighted by Gasteiger charge is -2.17. The van der Waals surface area contributed by atoms with Crippen molar-refractivity contribution in [2.45, 2.75) is 33.4 Å². The Hall–Kier alpha value is -2.31. The normalized spacial score (nSPS) is 12.0. The van der Waals surface area contributed by atoms with Gasteiger partial charge in [0.2, 0.25) is 0 Å². The average molecular weight is 295 g/mol. The van der Waals surface area contributed by atoms with Crippen LogP contribution in [0.5, 0.6) is 0 Å². The Bertz CT molecular complexity index is 566. The number of hydrogen-bond donors (Lipinski definition) is 2. The van der Waals surface area contributed by atoms with Crippen molar-refractivity contribution < 1.29 is 14.3 Å². The second-order valence-electron chi connectivity index (χ2n) is 5.19. The van der Waals surface area contributed by atoms with Crippen molar-refractivity contribution in [3.05, 3.63) is 28.7 Å². The van der Waals surface area contributed by atoms with Crippen LogP contribution in [0.3, 0.4) is 0 Å². The van der Waals surface area contributed by atoms with Crippen LogP contribution >= 0.6 is 0 Å². The molecule has 0 aromatic carbocycles. The molecule has 1 rings (SSSR count). The first-order valence-electron chi connectivity index (χ1n) is 6.70. The summed E-state index contributed by atoms with van der Waals surface area (Å²) in [7, 11) is 0. The number of amides is 1. The third-order valence-corrected chi connectivity index (χ3v) is 3.06. The lowest BCUT2D eigenvalue weighted by Crippen LogP contribution is -2.39. The maximum Gasteiger partial charge on any atom is 0.326 e. The van der Waals surface area contributed by atoms with Crippen LogP contribution < -0.4 is 16.6 Å². The zero-order valence-corrected chi connectivity index (χ0v) is 12.5. The molecule has 0 aliphatic rings. The van der Waals surface area contributed by atoms with Crippen LogP contribution in [0.25, 0.3) is 0 Å². The molecule has 7 nitrogen and oxygen atoms in total. The number of carbonyl (C=O) groups is 2. The molecule has 21 heavy (non-hydrogen) atoms. The number of nitrogens with two attached hydrogens (primary N) is 1. The lowest BCUT2D eigenvalue weighted by atomic mass is 10.1.